The lowest BCUT2D eigenvalue weighted by Gasteiger charge is -2.11. The Labute approximate surface area is 99.4 Å². The topological polar surface area (TPSA) is 95.1 Å². The maximum absolute atomic E-state index is 11.5. The number of carboxylic acid groups (broad SMARTS) is 1. The molecule has 1 heterocycles. The molecule has 0 saturated heterocycles. The average molecular weight is 239 g/mol. The van der Waals surface area contributed by atoms with E-state index >= 15 is 0 Å². The first kappa shape index (κ1) is 13.2. The summed E-state index contributed by atoms with van der Waals surface area (Å²) in [6, 6.07) is -0.156. The number of H-pyrrole nitrogens is 1. The first-order valence-electron chi connectivity index (χ1n) is 5.60. The molecule has 94 valence electrons. The van der Waals surface area contributed by atoms with Crippen LogP contribution >= 0.6 is 0 Å². The molecule has 17 heavy (non-hydrogen) atoms. The van der Waals surface area contributed by atoms with Crippen molar-refractivity contribution in [3.63, 3.8) is 0 Å². The molecule has 3 N–H and O–H groups in total. The number of rotatable bonds is 7. The van der Waals surface area contributed by atoms with Gasteiger partial charge in [-0.25, -0.2) is 4.98 Å². The molecule has 0 bridgehead atoms. The van der Waals surface area contributed by atoms with E-state index in [9.17, 15) is 9.59 Å². The lowest BCUT2D eigenvalue weighted by Crippen LogP contribution is -2.27. The van der Waals surface area contributed by atoms with Crippen LogP contribution in [-0.4, -0.2) is 27.0 Å². The summed E-state index contributed by atoms with van der Waals surface area (Å²) in [5.41, 5.74) is 0. The monoisotopic (exact) mass is 239 g/mol. The van der Waals surface area contributed by atoms with Gasteiger partial charge in [0, 0.05) is 25.2 Å². The highest BCUT2D eigenvalue weighted by Crippen LogP contribution is 2.06. The van der Waals surface area contributed by atoms with Gasteiger partial charge in [-0.2, -0.15) is 0 Å². The van der Waals surface area contributed by atoms with E-state index in [-0.39, 0.29) is 18.4 Å². The standard InChI is InChI=1S/C11H17N3O3/c1-8(11-12-6-7-13-11)14-9(15)4-2-3-5-10(16)17/h6-8H,2-5H2,1H3,(H,12,13)(H,14,15)(H,16,17). The molecule has 0 aliphatic rings. The Morgan fingerprint density at radius 1 is 1.47 bits per heavy atom. The van der Waals surface area contributed by atoms with Crippen molar-refractivity contribution in [3.05, 3.63) is 18.2 Å². The summed E-state index contributed by atoms with van der Waals surface area (Å²) in [4.78, 5) is 28.7. The second-order valence-electron chi connectivity index (χ2n) is 3.86. The Bertz CT molecular complexity index is 362. The number of carbonyl (C=O) groups is 2. The molecular weight excluding hydrogens is 222 g/mol. The van der Waals surface area contributed by atoms with Gasteiger partial charge in [0.05, 0.1) is 6.04 Å². The quantitative estimate of drug-likeness (QED) is 0.624. The van der Waals surface area contributed by atoms with Crippen LogP contribution in [0.3, 0.4) is 0 Å². The molecule has 0 aliphatic heterocycles. The van der Waals surface area contributed by atoms with Crippen LogP contribution in [0.5, 0.6) is 0 Å². The Hall–Kier alpha value is -1.85. The van der Waals surface area contributed by atoms with E-state index in [4.69, 9.17) is 5.11 Å². The zero-order chi connectivity index (χ0) is 12.7. The second kappa shape index (κ2) is 6.67. The zero-order valence-corrected chi connectivity index (χ0v) is 9.77. The van der Waals surface area contributed by atoms with Gasteiger partial charge in [0.25, 0.3) is 0 Å². The second-order valence-corrected chi connectivity index (χ2v) is 3.86. The molecule has 0 saturated carbocycles. The molecule has 1 amide bonds. The fourth-order valence-corrected chi connectivity index (χ4v) is 1.46. The molecule has 1 aromatic rings. The summed E-state index contributed by atoms with van der Waals surface area (Å²) in [6.07, 6.45) is 4.90. The number of aliphatic carboxylic acids is 1. The summed E-state index contributed by atoms with van der Waals surface area (Å²) in [6.45, 7) is 1.84. The predicted molar refractivity (Wildman–Crippen MR) is 61.2 cm³/mol. The van der Waals surface area contributed by atoms with Crippen LogP contribution in [0.1, 0.15) is 44.5 Å². The average Bonchev–Trinajstić information content (AvgIpc) is 2.77. The van der Waals surface area contributed by atoms with Crippen molar-refractivity contribution in [1.29, 1.82) is 0 Å². The molecule has 6 heteroatoms. The van der Waals surface area contributed by atoms with Gasteiger partial charge in [0.15, 0.2) is 0 Å². The van der Waals surface area contributed by atoms with Crippen molar-refractivity contribution in [3.8, 4) is 0 Å². The van der Waals surface area contributed by atoms with E-state index in [1.54, 1.807) is 12.4 Å². The Kier molecular flexibility index (Phi) is 5.19. The maximum Gasteiger partial charge on any atom is 0.303 e. The molecule has 1 unspecified atom stereocenters. The molecular formula is C11H17N3O3. The number of carbonyl (C=O) groups excluding carboxylic acids is 1. The minimum absolute atomic E-state index is 0.0840. The van der Waals surface area contributed by atoms with Gasteiger partial charge in [0.1, 0.15) is 5.82 Å². The van der Waals surface area contributed by atoms with E-state index in [0.717, 1.165) is 0 Å². The van der Waals surface area contributed by atoms with Crippen molar-refractivity contribution in [1.82, 2.24) is 15.3 Å². The van der Waals surface area contributed by atoms with Crippen LogP contribution in [0.4, 0.5) is 0 Å². The molecule has 6 nitrogen and oxygen atoms in total. The smallest absolute Gasteiger partial charge is 0.303 e. The summed E-state index contributed by atoms with van der Waals surface area (Å²) < 4.78 is 0. The van der Waals surface area contributed by atoms with Gasteiger partial charge in [-0.15, -0.1) is 0 Å². The van der Waals surface area contributed by atoms with Gasteiger partial charge in [-0.05, 0) is 19.8 Å². The predicted octanol–water partition coefficient (Wildman–Crippen LogP) is 1.23. The van der Waals surface area contributed by atoms with Crippen LogP contribution in [0.2, 0.25) is 0 Å². The summed E-state index contributed by atoms with van der Waals surface area (Å²) in [5.74, 6) is -0.197. The van der Waals surface area contributed by atoms with Crippen molar-refractivity contribution in [2.24, 2.45) is 0 Å². The largest absolute Gasteiger partial charge is 0.481 e. The fraction of sp³-hybridized carbons (Fsp3) is 0.545. The minimum Gasteiger partial charge on any atom is -0.481 e. The van der Waals surface area contributed by atoms with Gasteiger partial charge in [-0.3, -0.25) is 9.59 Å². The number of hydrogen-bond donors (Lipinski definition) is 3. The molecule has 1 atom stereocenters. The van der Waals surface area contributed by atoms with E-state index in [0.29, 0.717) is 25.1 Å². The third kappa shape index (κ3) is 5.14. The lowest BCUT2D eigenvalue weighted by atomic mass is 10.2. The first-order valence-corrected chi connectivity index (χ1v) is 5.60. The van der Waals surface area contributed by atoms with Crippen LogP contribution in [0.15, 0.2) is 12.4 Å². The van der Waals surface area contributed by atoms with E-state index in [1.165, 1.54) is 0 Å². The third-order valence-electron chi connectivity index (χ3n) is 2.35. The van der Waals surface area contributed by atoms with Crippen LogP contribution in [-0.2, 0) is 9.59 Å². The number of aromatic nitrogens is 2. The Morgan fingerprint density at radius 3 is 2.76 bits per heavy atom. The number of hydrogen-bond acceptors (Lipinski definition) is 3. The maximum atomic E-state index is 11.5. The van der Waals surface area contributed by atoms with E-state index < -0.39 is 5.97 Å². The van der Waals surface area contributed by atoms with Gasteiger partial charge in [0.2, 0.25) is 5.91 Å². The summed E-state index contributed by atoms with van der Waals surface area (Å²) in [7, 11) is 0. The Balaban J connectivity index is 2.19. The van der Waals surface area contributed by atoms with Gasteiger partial charge in [-0.1, -0.05) is 0 Å². The van der Waals surface area contributed by atoms with Gasteiger partial charge >= 0.3 is 5.97 Å². The highest BCUT2D eigenvalue weighted by Gasteiger charge is 2.10. The van der Waals surface area contributed by atoms with Gasteiger partial charge < -0.3 is 15.4 Å². The van der Waals surface area contributed by atoms with E-state index in [2.05, 4.69) is 15.3 Å². The van der Waals surface area contributed by atoms with Crippen LogP contribution in [0, 0.1) is 0 Å². The number of nitrogens with zero attached hydrogens (tertiary/aromatic N) is 1. The Morgan fingerprint density at radius 2 is 2.18 bits per heavy atom. The van der Waals surface area contributed by atoms with E-state index in [1.807, 2.05) is 6.92 Å². The summed E-state index contributed by atoms with van der Waals surface area (Å²) in [5, 5.41) is 11.2. The normalized spacial score (nSPS) is 12.1. The highest BCUT2D eigenvalue weighted by molar-refractivity contribution is 5.76. The number of carboxylic acids is 1. The highest BCUT2D eigenvalue weighted by atomic mass is 16.4. The number of amides is 1. The first-order chi connectivity index (χ1) is 8.09. The molecule has 0 aliphatic carbocycles. The number of nitrogens with one attached hydrogen (secondary N) is 2. The molecule has 0 radical (unpaired) electrons. The SMILES string of the molecule is CC(NC(=O)CCCCC(=O)O)c1ncc[nH]1. The van der Waals surface area contributed by atoms with Crippen molar-refractivity contribution >= 4 is 11.9 Å². The summed E-state index contributed by atoms with van der Waals surface area (Å²) >= 11 is 0. The van der Waals surface area contributed by atoms with Crippen molar-refractivity contribution in [2.45, 2.75) is 38.6 Å². The minimum atomic E-state index is -0.825. The van der Waals surface area contributed by atoms with Crippen molar-refractivity contribution < 1.29 is 14.7 Å². The fourth-order valence-electron chi connectivity index (χ4n) is 1.46. The van der Waals surface area contributed by atoms with Crippen LogP contribution < -0.4 is 5.32 Å². The zero-order valence-electron chi connectivity index (χ0n) is 9.77. The number of unbranched alkanes of at least 4 members (excludes halogenated alkanes) is 1. The molecule has 0 aromatic carbocycles. The third-order valence-corrected chi connectivity index (χ3v) is 2.35. The lowest BCUT2D eigenvalue weighted by molar-refractivity contribution is -0.137. The number of aromatic amines is 1. The van der Waals surface area contributed by atoms with Crippen molar-refractivity contribution in [2.75, 3.05) is 0 Å². The molecule has 0 spiro atoms. The molecule has 0 fully saturated rings. The molecule has 1 rings (SSSR count). The number of imidazole rings is 1. The molecule has 1 aromatic heterocycles. The van der Waals surface area contributed by atoms with Crippen LogP contribution in [0.25, 0.3) is 0 Å².